The molecule has 2 unspecified atom stereocenters. The van der Waals surface area contributed by atoms with Crippen LogP contribution in [0.15, 0.2) is 18.2 Å². The maximum atomic E-state index is 12.1. The van der Waals surface area contributed by atoms with Crippen molar-refractivity contribution in [3.8, 4) is 0 Å². The molecule has 0 bridgehead atoms. The van der Waals surface area contributed by atoms with Gasteiger partial charge in [0.2, 0.25) is 0 Å². The first-order chi connectivity index (χ1) is 7.15. The molecule has 15 heavy (non-hydrogen) atoms. The topological polar surface area (TPSA) is 37.3 Å². The predicted molar refractivity (Wildman–Crippen MR) is 59.0 cm³/mol. The fourth-order valence-corrected chi connectivity index (χ4v) is 2.36. The summed E-state index contributed by atoms with van der Waals surface area (Å²) in [6.07, 6.45) is 0.846. The zero-order valence-corrected chi connectivity index (χ0v) is 9.16. The van der Waals surface area contributed by atoms with Crippen molar-refractivity contribution in [3.05, 3.63) is 34.9 Å². The largest absolute Gasteiger partial charge is 0.392 e. The van der Waals surface area contributed by atoms with Crippen molar-refractivity contribution in [2.45, 2.75) is 32.8 Å². The maximum absolute atomic E-state index is 12.1. The average molecular weight is 204 g/mol. The minimum absolute atomic E-state index is 0.123. The normalized spacial score (nSPS) is 21.5. The summed E-state index contributed by atoms with van der Waals surface area (Å²) in [6.45, 7) is 3.87. The van der Waals surface area contributed by atoms with Gasteiger partial charge in [-0.3, -0.25) is 4.79 Å². The number of Topliss-reactive ketones (excluding diaryl/α,β-unsaturated/α-hetero) is 1. The SMILES string of the molecule is CCC(O)C1Cc2cccc(C)c2C1=O. The van der Waals surface area contributed by atoms with Gasteiger partial charge in [-0.1, -0.05) is 25.1 Å². The molecule has 0 fully saturated rings. The second-order valence-electron chi connectivity index (χ2n) is 4.26. The first kappa shape index (κ1) is 10.4. The lowest BCUT2D eigenvalue weighted by Crippen LogP contribution is -2.24. The van der Waals surface area contributed by atoms with E-state index in [1.54, 1.807) is 0 Å². The van der Waals surface area contributed by atoms with Crippen molar-refractivity contribution in [1.82, 2.24) is 0 Å². The van der Waals surface area contributed by atoms with E-state index in [2.05, 4.69) is 0 Å². The standard InChI is InChI=1S/C13H16O2/c1-3-11(14)10-7-9-6-4-5-8(2)12(9)13(10)15/h4-6,10-11,14H,3,7H2,1-2H3. The van der Waals surface area contributed by atoms with Crippen LogP contribution in [0.25, 0.3) is 0 Å². The summed E-state index contributed by atoms with van der Waals surface area (Å²) in [7, 11) is 0. The van der Waals surface area contributed by atoms with Gasteiger partial charge >= 0.3 is 0 Å². The van der Waals surface area contributed by atoms with Crippen LogP contribution in [0.2, 0.25) is 0 Å². The zero-order chi connectivity index (χ0) is 11.0. The molecule has 0 aliphatic heterocycles. The van der Waals surface area contributed by atoms with Gasteiger partial charge in [-0.25, -0.2) is 0 Å². The number of aryl methyl sites for hydroxylation is 1. The number of carbonyl (C=O) groups excluding carboxylic acids is 1. The van der Waals surface area contributed by atoms with Crippen LogP contribution in [0.1, 0.15) is 34.8 Å². The van der Waals surface area contributed by atoms with E-state index in [1.165, 1.54) is 0 Å². The molecule has 0 spiro atoms. The Morgan fingerprint density at radius 3 is 2.87 bits per heavy atom. The molecule has 0 amide bonds. The summed E-state index contributed by atoms with van der Waals surface area (Å²) >= 11 is 0. The van der Waals surface area contributed by atoms with Crippen LogP contribution >= 0.6 is 0 Å². The van der Waals surface area contributed by atoms with Gasteiger partial charge in [0.25, 0.3) is 0 Å². The van der Waals surface area contributed by atoms with Gasteiger partial charge < -0.3 is 5.11 Å². The molecule has 2 rings (SSSR count). The quantitative estimate of drug-likeness (QED) is 0.801. The minimum atomic E-state index is -0.496. The summed E-state index contributed by atoms with van der Waals surface area (Å²) in [5.74, 6) is -0.0939. The van der Waals surface area contributed by atoms with Crippen LogP contribution in [0.3, 0.4) is 0 Å². The Hall–Kier alpha value is -1.15. The number of fused-ring (bicyclic) bond motifs is 1. The zero-order valence-electron chi connectivity index (χ0n) is 9.16. The van der Waals surface area contributed by atoms with Crippen LogP contribution in [0.5, 0.6) is 0 Å². The summed E-state index contributed by atoms with van der Waals surface area (Å²) in [5.41, 5.74) is 2.97. The molecule has 80 valence electrons. The van der Waals surface area contributed by atoms with Crippen molar-refractivity contribution in [1.29, 1.82) is 0 Å². The molecular weight excluding hydrogens is 188 g/mol. The van der Waals surface area contributed by atoms with E-state index in [9.17, 15) is 9.90 Å². The third-order valence-electron chi connectivity index (χ3n) is 3.26. The number of aliphatic hydroxyl groups excluding tert-OH is 1. The van der Waals surface area contributed by atoms with Gasteiger partial charge in [0.15, 0.2) is 5.78 Å². The Kier molecular flexibility index (Phi) is 2.61. The number of carbonyl (C=O) groups is 1. The number of benzene rings is 1. The van der Waals surface area contributed by atoms with Crippen LogP contribution < -0.4 is 0 Å². The van der Waals surface area contributed by atoms with E-state index >= 15 is 0 Å². The van der Waals surface area contributed by atoms with Gasteiger partial charge in [0.05, 0.1) is 12.0 Å². The van der Waals surface area contributed by atoms with E-state index in [1.807, 2.05) is 32.0 Å². The van der Waals surface area contributed by atoms with E-state index < -0.39 is 6.10 Å². The van der Waals surface area contributed by atoms with E-state index in [-0.39, 0.29) is 11.7 Å². The minimum Gasteiger partial charge on any atom is -0.392 e. The van der Waals surface area contributed by atoms with Gasteiger partial charge in [-0.15, -0.1) is 0 Å². The second-order valence-corrected chi connectivity index (χ2v) is 4.26. The molecular formula is C13H16O2. The van der Waals surface area contributed by atoms with E-state index in [4.69, 9.17) is 0 Å². The van der Waals surface area contributed by atoms with E-state index in [0.29, 0.717) is 12.8 Å². The molecule has 1 aliphatic carbocycles. The maximum Gasteiger partial charge on any atom is 0.169 e. The van der Waals surface area contributed by atoms with Crippen LogP contribution in [0, 0.1) is 12.8 Å². The lowest BCUT2D eigenvalue weighted by Gasteiger charge is -2.13. The Labute approximate surface area is 89.9 Å². The Morgan fingerprint density at radius 2 is 2.27 bits per heavy atom. The highest BCUT2D eigenvalue weighted by Crippen LogP contribution is 2.31. The van der Waals surface area contributed by atoms with Gasteiger partial charge in [0, 0.05) is 5.56 Å². The molecule has 2 heteroatoms. The Balaban J connectivity index is 2.38. The Morgan fingerprint density at radius 1 is 1.53 bits per heavy atom. The van der Waals surface area contributed by atoms with E-state index in [0.717, 1.165) is 16.7 Å². The molecule has 0 saturated carbocycles. The van der Waals surface area contributed by atoms with Gasteiger partial charge in [-0.2, -0.15) is 0 Å². The summed E-state index contributed by atoms with van der Waals surface area (Å²) < 4.78 is 0. The number of hydrogen-bond donors (Lipinski definition) is 1. The monoisotopic (exact) mass is 204 g/mol. The number of ketones is 1. The smallest absolute Gasteiger partial charge is 0.169 e. The highest BCUT2D eigenvalue weighted by molar-refractivity contribution is 6.03. The van der Waals surface area contributed by atoms with Gasteiger partial charge in [-0.05, 0) is 30.9 Å². The van der Waals surface area contributed by atoms with Crippen molar-refractivity contribution in [2.24, 2.45) is 5.92 Å². The molecule has 1 aromatic carbocycles. The summed E-state index contributed by atoms with van der Waals surface area (Å²) in [5, 5.41) is 9.77. The number of rotatable bonds is 2. The fourth-order valence-electron chi connectivity index (χ4n) is 2.36. The molecule has 0 saturated heterocycles. The van der Waals surface area contributed by atoms with Crippen LogP contribution in [-0.2, 0) is 6.42 Å². The molecule has 2 atom stereocenters. The average Bonchev–Trinajstić information content (AvgIpc) is 2.56. The highest BCUT2D eigenvalue weighted by Gasteiger charge is 2.35. The van der Waals surface area contributed by atoms with Crippen LogP contribution in [-0.4, -0.2) is 17.0 Å². The lowest BCUT2D eigenvalue weighted by atomic mass is 9.96. The molecule has 0 aromatic heterocycles. The molecule has 1 aromatic rings. The first-order valence-electron chi connectivity index (χ1n) is 5.46. The number of hydrogen-bond acceptors (Lipinski definition) is 2. The molecule has 2 nitrogen and oxygen atoms in total. The fraction of sp³-hybridized carbons (Fsp3) is 0.462. The summed E-state index contributed by atoms with van der Waals surface area (Å²) in [4.78, 5) is 12.1. The second kappa shape index (κ2) is 3.78. The van der Waals surface area contributed by atoms with Crippen molar-refractivity contribution < 1.29 is 9.90 Å². The van der Waals surface area contributed by atoms with Crippen molar-refractivity contribution in [3.63, 3.8) is 0 Å². The molecule has 0 radical (unpaired) electrons. The van der Waals surface area contributed by atoms with Crippen LogP contribution in [0.4, 0.5) is 0 Å². The lowest BCUT2D eigenvalue weighted by molar-refractivity contribution is 0.0700. The van der Waals surface area contributed by atoms with Crippen molar-refractivity contribution in [2.75, 3.05) is 0 Å². The summed E-state index contributed by atoms with van der Waals surface area (Å²) in [6, 6.07) is 5.92. The predicted octanol–water partition coefficient (Wildman–Crippen LogP) is 2.12. The third-order valence-corrected chi connectivity index (χ3v) is 3.26. The molecule has 1 N–H and O–H groups in total. The van der Waals surface area contributed by atoms with Gasteiger partial charge in [0.1, 0.15) is 0 Å². The Bertz CT molecular complexity index is 396. The number of aliphatic hydroxyl groups is 1. The highest BCUT2D eigenvalue weighted by atomic mass is 16.3. The first-order valence-corrected chi connectivity index (χ1v) is 5.46. The van der Waals surface area contributed by atoms with Crippen molar-refractivity contribution >= 4 is 5.78 Å². The molecule has 0 heterocycles. The molecule has 1 aliphatic rings. The third kappa shape index (κ3) is 1.59.